The van der Waals surface area contributed by atoms with E-state index in [2.05, 4.69) is 45.0 Å². The normalized spacial score (nSPS) is 29.3. The van der Waals surface area contributed by atoms with E-state index in [1.54, 1.807) is 0 Å². The molecule has 0 aromatic heterocycles. The standard InChI is InChI=1S/C11H24N2/c1-10(2)6-12-7-11(3,4)9-13(5)8-10/h12H,6-9H2,1-5H3. The maximum absolute atomic E-state index is 3.56. The molecule has 1 aliphatic rings. The number of nitrogens with one attached hydrogen (secondary N) is 1. The van der Waals surface area contributed by atoms with Gasteiger partial charge < -0.3 is 10.2 Å². The van der Waals surface area contributed by atoms with Crippen molar-refractivity contribution in [3.05, 3.63) is 0 Å². The molecule has 13 heavy (non-hydrogen) atoms. The maximum atomic E-state index is 3.56. The fourth-order valence-corrected chi connectivity index (χ4v) is 2.37. The second-order valence-corrected chi connectivity index (χ2v) is 6.10. The van der Waals surface area contributed by atoms with E-state index in [4.69, 9.17) is 0 Å². The van der Waals surface area contributed by atoms with Crippen molar-refractivity contribution in [2.24, 2.45) is 10.8 Å². The molecule has 2 nitrogen and oxygen atoms in total. The quantitative estimate of drug-likeness (QED) is 0.615. The summed E-state index contributed by atoms with van der Waals surface area (Å²) >= 11 is 0. The summed E-state index contributed by atoms with van der Waals surface area (Å²) in [7, 11) is 2.23. The molecule has 0 aliphatic carbocycles. The summed E-state index contributed by atoms with van der Waals surface area (Å²) in [5.74, 6) is 0. The van der Waals surface area contributed by atoms with Gasteiger partial charge in [-0.05, 0) is 17.9 Å². The van der Waals surface area contributed by atoms with Gasteiger partial charge in [-0.1, -0.05) is 27.7 Å². The van der Waals surface area contributed by atoms with E-state index in [1.165, 1.54) is 13.1 Å². The van der Waals surface area contributed by atoms with E-state index in [9.17, 15) is 0 Å². The van der Waals surface area contributed by atoms with Crippen LogP contribution in [0.1, 0.15) is 27.7 Å². The SMILES string of the molecule is CN1CC(C)(C)CNCC(C)(C)C1. The van der Waals surface area contributed by atoms with Crippen LogP contribution >= 0.6 is 0 Å². The van der Waals surface area contributed by atoms with Crippen LogP contribution in [0, 0.1) is 10.8 Å². The molecule has 78 valence electrons. The molecule has 0 bridgehead atoms. The summed E-state index contributed by atoms with van der Waals surface area (Å²) in [5, 5.41) is 3.56. The van der Waals surface area contributed by atoms with Crippen LogP contribution in [0.25, 0.3) is 0 Å². The zero-order chi connectivity index (χ0) is 10.1. The van der Waals surface area contributed by atoms with Crippen molar-refractivity contribution in [1.82, 2.24) is 10.2 Å². The van der Waals surface area contributed by atoms with Gasteiger partial charge in [0.2, 0.25) is 0 Å². The lowest BCUT2D eigenvalue weighted by Crippen LogP contribution is -2.49. The molecule has 0 aromatic rings. The molecule has 1 aliphatic heterocycles. The van der Waals surface area contributed by atoms with Crippen molar-refractivity contribution < 1.29 is 0 Å². The van der Waals surface area contributed by atoms with Gasteiger partial charge in [-0.15, -0.1) is 0 Å². The predicted molar refractivity (Wildman–Crippen MR) is 57.9 cm³/mol. The van der Waals surface area contributed by atoms with Crippen LogP contribution in [-0.2, 0) is 0 Å². The largest absolute Gasteiger partial charge is 0.316 e. The summed E-state index contributed by atoms with van der Waals surface area (Å²) in [6.45, 7) is 13.9. The number of hydrogen-bond donors (Lipinski definition) is 1. The molecule has 0 radical (unpaired) electrons. The average Bonchev–Trinajstić information content (AvgIpc) is 1.79. The van der Waals surface area contributed by atoms with E-state index >= 15 is 0 Å². The zero-order valence-electron chi connectivity index (χ0n) is 9.78. The molecule has 1 fully saturated rings. The van der Waals surface area contributed by atoms with Crippen LogP contribution in [0.15, 0.2) is 0 Å². The lowest BCUT2D eigenvalue weighted by molar-refractivity contribution is 0.120. The van der Waals surface area contributed by atoms with Crippen LogP contribution < -0.4 is 5.32 Å². The van der Waals surface area contributed by atoms with Crippen LogP contribution in [-0.4, -0.2) is 38.1 Å². The highest BCUT2D eigenvalue weighted by Gasteiger charge is 2.28. The summed E-state index contributed by atoms with van der Waals surface area (Å²) in [4.78, 5) is 2.46. The number of nitrogens with zero attached hydrogens (tertiary/aromatic N) is 1. The van der Waals surface area contributed by atoms with Gasteiger partial charge in [0.1, 0.15) is 0 Å². The predicted octanol–water partition coefficient (Wildman–Crippen LogP) is 1.57. The first-order valence-corrected chi connectivity index (χ1v) is 5.20. The van der Waals surface area contributed by atoms with Crippen molar-refractivity contribution >= 4 is 0 Å². The molecule has 0 aromatic carbocycles. The highest BCUT2D eigenvalue weighted by atomic mass is 15.1. The number of hydrogen-bond acceptors (Lipinski definition) is 2. The minimum atomic E-state index is 0.408. The third kappa shape index (κ3) is 3.65. The molecule has 0 atom stereocenters. The highest BCUT2D eigenvalue weighted by Crippen LogP contribution is 2.23. The second-order valence-electron chi connectivity index (χ2n) is 6.10. The summed E-state index contributed by atoms with van der Waals surface area (Å²) < 4.78 is 0. The molecule has 1 N–H and O–H groups in total. The topological polar surface area (TPSA) is 15.3 Å². The first-order valence-electron chi connectivity index (χ1n) is 5.20. The number of rotatable bonds is 0. The summed E-state index contributed by atoms with van der Waals surface area (Å²) in [6.07, 6.45) is 0. The van der Waals surface area contributed by atoms with Crippen LogP contribution in [0.5, 0.6) is 0 Å². The van der Waals surface area contributed by atoms with Crippen molar-refractivity contribution in [1.29, 1.82) is 0 Å². The minimum absolute atomic E-state index is 0.408. The molecular formula is C11H24N2. The third-order valence-electron chi connectivity index (χ3n) is 2.60. The Hall–Kier alpha value is -0.0800. The molecule has 0 spiro atoms. The zero-order valence-corrected chi connectivity index (χ0v) is 9.78. The monoisotopic (exact) mass is 184 g/mol. The van der Waals surface area contributed by atoms with Crippen molar-refractivity contribution in [2.45, 2.75) is 27.7 Å². The Morgan fingerprint density at radius 3 is 1.69 bits per heavy atom. The second kappa shape index (κ2) is 3.58. The van der Waals surface area contributed by atoms with Crippen molar-refractivity contribution in [3.63, 3.8) is 0 Å². The van der Waals surface area contributed by atoms with E-state index in [0.29, 0.717) is 10.8 Å². The Balaban J connectivity index is 2.59. The van der Waals surface area contributed by atoms with Gasteiger partial charge in [0.25, 0.3) is 0 Å². The Kier molecular flexibility index (Phi) is 3.03. The average molecular weight is 184 g/mol. The van der Waals surface area contributed by atoms with Crippen LogP contribution in [0.4, 0.5) is 0 Å². The van der Waals surface area contributed by atoms with E-state index < -0.39 is 0 Å². The van der Waals surface area contributed by atoms with E-state index in [0.717, 1.165) is 13.1 Å². The summed E-state index contributed by atoms with van der Waals surface area (Å²) in [6, 6.07) is 0. The molecular weight excluding hydrogens is 160 g/mol. The van der Waals surface area contributed by atoms with Gasteiger partial charge in [-0.2, -0.15) is 0 Å². The van der Waals surface area contributed by atoms with Gasteiger partial charge in [0.15, 0.2) is 0 Å². The smallest absolute Gasteiger partial charge is 0.00420 e. The molecule has 2 heteroatoms. The van der Waals surface area contributed by atoms with Crippen molar-refractivity contribution in [3.8, 4) is 0 Å². The van der Waals surface area contributed by atoms with Gasteiger partial charge in [0, 0.05) is 26.2 Å². The van der Waals surface area contributed by atoms with E-state index in [1.807, 2.05) is 0 Å². The minimum Gasteiger partial charge on any atom is -0.316 e. The fourth-order valence-electron chi connectivity index (χ4n) is 2.37. The molecule has 0 saturated carbocycles. The Morgan fingerprint density at radius 2 is 1.31 bits per heavy atom. The van der Waals surface area contributed by atoms with Gasteiger partial charge in [-0.3, -0.25) is 0 Å². The van der Waals surface area contributed by atoms with Gasteiger partial charge >= 0.3 is 0 Å². The van der Waals surface area contributed by atoms with Crippen LogP contribution in [0.3, 0.4) is 0 Å². The Bertz CT molecular complexity index is 155. The fraction of sp³-hybridized carbons (Fsp3) is 1.00. The first-order chi connectivity index (χ1) is 5.81. The lowest BCUT2D eigenvalue weighted by Gasteiger charge is -2.39. The van der Waals surface area contributed by atoms with Gasteiger partial charge in [0.05, 0.1) is 0 Å². The molecule has 1 saturated heterocycles. The summed E-state index contributed by atoms with van der Waals surface area (Å²) in [5.41, 5.74) is 0.816. The lowest BCUT2D eigenvalue weighted by atomic mass is 9.86. The molecule has 0 amide bonds. The maximum Gasteiger partial charge on any atom is 0.00420 e. The third-order valence-corrected chi connectivity index (χ3v) is 2.60. The Morgan fingerprint density at radius 1 is 0.923 bits per heavy atom. The molecule has 1 rings (SSSR count). The highest BCUT2D eigenvalue weighted by molar-refractivity contribution is 4.84. The van der Waals surface area contributed by atoms with Crippen LogP contribution in [0.2, 0.25) is 0 Å². The first kappa shape index (κ1) is 11.0. The molecule has 0 unspecified atom stereocenters. The Labute approximate surface area is 82.7 Å². The van der Waals surface area contributed by atoms with Crippen molar-refractivity contribution in [2.75, 3.05) is 33.2 Å². The van der Waals surface area contributed by atoms with E-state index in [-0.39, 0.29) is 0 Å². The van der Waals surface area contributed by atoms with Gasteiger partial charge in [-0.25, -0.2) is 0 Å². The molecule has 1 heterocycles.